The summed E-state index contributed by atoms with van der Waals surface area (Å²) in [6.45, 7) is 8.82. The molecule has 0 radical (unpaired) electrons. The normalized spacial score (nSPS) is 10.7. The minimum atomic E-state index is -0.541. The highest BCUT2D eigenvalue weighted by Gasteiger charge is 2.19. The molecule has 0 unspecified atom stereocenters. The Labute approximate surface area is 124 Å². The molecule has 0 aromatic carbocycles. The second-order valence-corrected chi connectivity index (χ2v) is 5.21. The first-order chi connectivity index (χ1) is 9.86. The van der Waals surface area contributed by atoms with Gasteiger partial charge in [0.25, 0.3) is 0 Å². The van der Waals surface area contributed by atoms with E-state index in [1.807, 2.05) is 13.8 Å². The van der Waals surface area contributed by atoms with Gasteiger partial charge in [0, 0.05) is 19.5 Å². The molecule has 0 bridgehead atoms. The second-order valence-electron chi connectivity index (χ2n) is 5.21. The molecule has 1 aromatic rings. The van der Waals surface area contributed by atoms with Gasteiger partial charge in [-0.15, -0.1) is 0 Å². The number of nitrogens with zero attached hydrogens (tertiary/aromatic N) is 2. The van der Waals surface area contributed by atoms with Gasteiger partial charge in [0.05, 0.1) is 6.61 Å². The number of hydrogen-bond donors (Lipinski definition) is 2. The second kappa shape index (κ2) is 7.66. The van der Waals surface area contributed by atoms with E-state index in [2.05, 4.69) is 10.3 Å². The van der Waals surface area contributed by atoms with Gasteiger partial charge in [-0.05, 0) is 19.8 Å². The van der Waals surface area contributed by atoms with Crippen LogP contribution in [0, 0.1) is 12.8 Å². The maximum Gasteiger partial charge on any atom is 0.360 e. The molecule has 0 aliphatic rings. The molecule has 1 aromatic heterocycles. The van der Waals surface area contributed by atoms with Crippen LogP contribution in [0.4, 0.5) is 5.82 Å². The van der Waals surface area contributed by atoms with Gasteiger partial charge in [-0.2, -0.15) is 0 Å². The summed E-state index contributed by atoms with van der Waals surface area (Å²) in [5.74, 6) is 0.647. The van der Waals surface area contributed by atoms with Crippen LogP contribution >= 0.6 is 0 Å². The highest BCUT2D eigenvalue weighted by atomic mass is 16.5. The number of hydrogen-bond acceptors (Lipinski definition) is 5. The molecule has 0 aliphatic carbocycles. The van der Waals surface area contributed by atoms with Crippen molar-refractivity contribution < 1.29 is 14.3 Å². The first kappa shape index (κ1) is 17.0. The number of esters is 1. The molecule has 0 saturated heterocycles. The third kappa shape index (κ3) is 4.77. The SMILES string of the molecule is CCOC(=O)c1nc(C)n(CCC(=O)NCC(C)C)c1N. The number of aryl methyl sites for hydroxylation is 1. The Hall–Kier alpha value is -2.05. The molecule has 7 heteroatoms. The lowest BCUT2D eigenvalue weighted by molar-refractivity contribution is -0.121. The van der Waals surface area contributed by atoms with E-state index in [0.29, 0.717) is 24.8 Å². The fourth-order valence-corrected chi connectivity index (χ4v) is 1.83. The monoisotopic (exact) mass is 296 g/mol. The number of rotatable bonds is 7. The van der Waals surface area contributed by atoms with Crippen LogP contribution in [0.25, 0.3) is 0 Å². The number of aromatic nitrogens is 2. The van der Waals surface area contributed by atoms with E-state index in [0.717, 1.165) is 0 Å². The van der Waals surface area contributed by atoms with Crippen molar-refractivity contribution in [1.29, 1.82) is 0 Å². The number of ether oxygens (including phenoxy) is 1. The van der Waals surface area contributed by atoms with Gasteiger partial charge >= 0.3 is 5.97 Å². The minimum Gasteiger partial charge on any atom is -0.461 e. The average Bonchev–Trinajstić information content (AvgIpc) is 2.70. The lowest BCUT2D eigenvalue weighted by Crippen LogP contribution is -2.28. The van der Waals surface area contributed by atoms with E-state index in [1.54, 1.807) is 18.4 Å². The lowest BCUT2D eigenvalue weighted by atomic mass is 10.2. The van der Waals surface area contributed by atoms with Crippen molar-refractivity contribution >= 4 is 17.7 Å². The van der Waals surface area contributed by atoms with Crippen molar-refractivity contribution in [3.8, 4) is 0 Å². The maximum absolute atomic E-state index is 11.7. The molecule has 7 nitrogen and oxygen atoms in total. The van der Waals surface area contributed by atoms with Crippen LogP contribution in [-0.4, -0.2) is 34.6 Å². The zero-order valence-corrected chi connectivity index (χ0v) is 13.1. The molecular formula is C14H24N4O3. The standard InChI is InChI=1S/C14H24N4O3/c1-5-21-14(20)12-13(15)18(10(4)17-12)7-6-11(19)16-8-9(2)3/h9H,5-8,15H2,1-4H3,(H,16,19). The van der Waals surface area contributed by atoms with Crippen molar-refractivity contribution in [1.82, 2.24) is 14.9 Å². The molecule has 3 N–H and O–H groups in total. The number of nitrogens with two attached hydrogens (primary N) is 1. The first-order valence-electron chi connectivity index (χ1n) is 7.13. The van der Waals surface area contributed by atoms with Gasteiger partial charge in [-0.3, -0.25) is 4.79 Å². The summed E-state index contributed by atoms with van der Waals surface area (Å²) in [7, 11) is 0. The summed E-state index contributed by atoms with van der Waals surface area (Å²) in [5.41, 5.74) is 6.02. The summed E-state index contributed by atoms with van der Waals surface area (Å²) in [4.78, 5) is 27.5. The minimum absolute atomic E-state index is 0.0473. The Bertz CT molecular complexity index is 509. The molecule has 1 amide bonds. The predicted octanol–water partition coefficient (Wildman–Crippen LogP) is 1.11. The fourth-order valence-electron chi connectivity index (χ4n) is 1.83. The summed E-state index contributed by atoms with van der Waals surface area (Å²) >= 11 is 0. The smallest absolute Gasteiger partial charge is 0.360 e. The summed E-state index contributed by atoms with van der Waals surface area (Å²) in [6.07, 6.45) is 0.288. The third-order valence-corrected chi connectivity index (χ3v) is 2.94. The van der Waals surface area contributed by atoms with Crippen LogP contribution in [0.2, 0.25) is 0 Å². The lowest BCUT2D eigenvalue weighted by Gasteiger charge is -2.10. The third-order valence-electron chi connectivity index (χ3n) is 2.94. The van der Waals surface area contributed by atoms with Crippen LogP contribution in [-0.2, 0) is 16.1 Å². The van der Waals surface area contributed by atoms with E-state index in [-0.39, 0.29) is 30.4 Å². The number of nitrogen functional groups attached to an aromatic ring is 1. The molecule has 0 atom stereocenters. The van der Waals surface area contributed by atoms with Crippen LogP contribution < -0.4 is 11.1 Å². The fraction of sp³-hybridized carbons (Fsp3) is 0.643. The van der Waals surface area contributed by atoms with E-state index in [1.165, 1.54) is 0 Å². The maximum atomic E-state index is 11.7. The average molecular weight is 296 g/mol. The summed E-state index contributed by atoms with van der Waals surface area (Å²) < 4.78 is 6.55. The van der Waals surface area contributed by atoms with E-state index >= 15 is 0 Å². The quantitative estimate of drug-likeness (QED) is 0.734. The van der Waals surface area contributed by atoms with Crippen LogP contribution in [0.5, 0.6) is 0 Å². The van der Waals surface area contributed by atoms with Crippen molar-refractivity contribution in [2.24, 2.45) is 5.92 Å². The van der Waals surface area contributed by atoms with Gasteiger partial charge in [0.1, 0.15) is 11.6 Å². The van der Waals surface area contributed by atoms with E-state index in [9.17, 15) is 9.59 Å². The van der Waals surface area contributed by atoms with E-state index in [4.69, 9.17) is 10.5 Å². The van der Waals surface area contributed by atoms with Crippen molar-refractivity contribution in [3.63, 3.8) is 0 Å². The highest BCUT2D eigenvalue weighted by Crippen LogP contribution is 2.15. The molecule has 21 heavy (non-hydrogen) atoms. The molecule has 1 rings (SSSR count). The zero-order chi connectivity index (χ0) is 16.0. The molecule has 118 valence electrons. The Morgan fingerprint density at radius 3 is 2.67 bits per heavy atom. The molecule has 1 heterocycles. The highest BCUT2D eigenvalue weighted by molar-refractivity contribution is 5.92. The Balaban J connectivity index is 2.67. The van der Waals surface area contributed by atoms with Crippen molar-refractivity contribution in [2.75, 3.05) is 18.9 Å². The van der Waals surface area contributed by atoms with Crippen LogP contribution in [0.3, 0.4) is 0 Å². The van der Waals surface area contributed by atoms with Crippen LogP contribution in [0.15, 0.2) is 0 Å². The summed E-state index contributed by atoms with van der Waals surface area (Å²) in [6, 6.07) is 0. The van der Waals surface area contributed by atoms with Crippen molar-refractivity contribution in [3.05, 3.63) is 11.5 Å². The molecular weight excluding hydrogens is 272 g/mol. The van der Waals surface area contributed by atoms with Crippen molar-refractivity contribution in [2.45, 2.75) is 40.7 Å². The van der Waals surface area contributed by atoms with E-state index < -0.39 is 5.97 Å². The Morgan fingerprint density at radius 1 is 1.43 bits per heavy atom. The number of imidazole rings is 1. The summed E-state index contributed by atoms with van der Waals surface area (Å²) in [5, 5.41) is 2.84. The zero-order valence-electron chi connectivity index (χ0n) is 13.1. The number of carbonyl (C=O) groups is 2. The molecule has 0 aliphatic heterocycles. The largest absolute Gasteiger partial charge is 0.461 e. The van der Waals surface area contributed by atoms with Gasteiger partial charge < -0.3 is 20.4 Å². The topological polar surface area (TPSA) is 99.2 Å². The van der Waals surface area contributed by atoms with Gasteiger partial charge in [-0.25, -0.2) is 9.78 Å². The molecule has 0 spiro atoms. The number of nitrogens with one attached hydrogen (secondary N) is 1. The molecule has 0 saturated carbocycles. The number of anilines is 1. The molecule has 0 fully saturated rings. The number of amides is 1. The van der Waals surface area contributed by atoms with Crippen LogP contribution in [0.1, 0.15) is 43.5 Å². The Morgan fingerprint density at radius 2 is 2.10 bits per heavy atom. The van der Waals surface area contributed by atoms with Gasteiger partial charge in [0.15, 0.2) is 5.69 Å². The predicted molar refractivity (Wildman–Crippen MR) is 79.8 cm³/mol. The Kier molecular flexibility index (Phi) is 6.20. The van der Waals surface area contributed by atoms with Gasteiger partial charge in [-0.1, -0.05) is 13.8 Å². The number of carbonyl (C=O) groups excluding carboxylic acids is 2. The first-order valence-corrected chi connectivity index (χ1v) is 7.13. The van der Waals surface area contributed by atoms with Gasteiger partial charge in [0.2, 0.25) is 5.91 Å².